The first-order valence-corrected chi connectivity index (χ1v) is 13.4. The second-order valence-corrected chi connectivity index (χ2v) is 10.3. The monoisotopic (exact) mass is 563 g/mol. The van der Waals surface area contributed by atoms with Crippen LogP contribution in [0.4, 0.5) is 5.69 Å². The number of benzene rings is 3. The molecule has 0 radical (unpaired) electrons. The summed E-state index contributed by atoms with van der Waals surface area (Å²) in [5.74, 6) is -1.45. The normalized spacial score (nSPS) is 14.9. The number of halogens is 2. The molecule has 0 saturated carbocycles. The largest absolute Gasteiger partial charge is 0.457 e. The van der Waals surface area contributed by atoms with E-state index < -0.39 is 11.9 Å². The fourth-order valence-electron chi connectivity index (χ4n) is 3.99. The molecule has 3 aromatic rings. The highest BCUT2D eigenvalue weighted by atomic mass is 35.5. The van der Waals surface area contributed by atoms with Crippen LogP contribution in [0.1, 0.15) is 24.0 Å². The minimum Gasteiger partial charge on any atom is -0.457 e. The van der Waals surface area contributed by atoms with Crippen LogP contribution in [-0.4, -0.2) is 17.6 Å². The minimum absolute atomic E-state index is 0.0361. The van der Waals surface area contributed by atoms with Crippen LogP contribution in [0.3, 0.4) is 0 Å². The van der Waals surface area contributed by atoms with Gasteiger partial charge in [-0.25, -0.2) is 4.79 Å². The Morgan fingerprint density at radius 2 is 1.76 bits per heavy atom. The summed E-state index contributed by atoms with van der Waals surface area (Å²) >= 11 is 13.3. The van der Waals surface area contributed by atoms with Crippen molar-refractivity contribution < 1.29 is 14.3 Å². The summed E-state index contributed by atoms with van der Waals surface area (Å²) in [6.07, 6.45) is 0. The second kappa shape index (κ2) is 12.7. The number of amides is 1. The molecule has 0 unspecified atom stereocenters. The molecule has 1 aliphatic heterocycles. The SMILES string of the molecule is CC1=C(C(=O)OCc2ccccc2)[C@H](c2ccc(Cl)cc2)C(C#N)=C(SCC(=O)Nc2cccc(Cl)c2)N1. The highest BCUT2D eigenvalue weighted by Crippen LogP contribution is 2.41. The first-order chi connectivity index (χ1) is 18.4. The third kappa shape index (κ3) is 6.78. The van der Waals surface area contributed by atoms with Gasteiger partial charge < -0.3 is 15.4 Å². The van der Waals surface area contributed by atoms with Gasteiger partial charge in [-0.15, -0.1) is 0 Å². The maximum absolute atomic E-state index is 13.3. The Hall–Kier alpha value is -3.70. The molecule has 0 bridgehead atoms. The Labute approximate surface area is 235 Å². The molecule has 0 aromatic heterocycles. The van der Waals surface area contributed by atoms with Gasteiger partial charge in [-0.1, -0.05) is 83.5 Å². The number of esters is 1. The van der Waals surface area contributed by atoms with Crippen molar-refractivity contribution in [3.8, 4) is 6.07 Å². The maximum atomic E-state index is 13.3. The van der Waals surface area contributed by atoms with E-state index in [0.29, 0.717) is 43.2 Å². The summed E-state index contributed by atoms with van der Waals surface area (Å²) < 4.78 is 5.64. The van der Waals surface area contributed by atoms with Gasteiger partial charge >= 0.3 is 5.97 Å². The van der Waals surface area contributed by atoms with E-state index in [9.17, 15) is 14.9 Å². The molecule has 4 rings (SSSR count). The third-order valence-corrected chi connectivity index (χ3v) is 7.24. The van der Waals surface area contributed by atoms with Crippen LogP contribution in [0.25, 0.3) is 0 Å². The molecule has 192 valence electrons. The second-order valence-electron chi connectivity index (χ2n) is 8.41. The minimum atomic E-state index is -0.694. The van der Waals surface area contributed by atoms with Gasteiger partial charge in [0.15, 0.2) is 0 Å². The summed E-state index contributed by atoms with van der Waals surface area (Å²) in [5, 5.41) is 17.7. The lowest BCUT2D eigenvalue weighted by Gasteiger charge is -2.29. The number of allylic oxidation sites excluding steroid dienone is 2. The molecule has 3 aromatic carbocycles. The van der Waals surface area contributed by atoms with Crippen molar-refractivity contribution in [3.05, 3.63) is 122 Å². The number of carbonyl (C=O) groups is 2. The van der Waals surface area contributed by atoms with Crippen LogP contribution in [0, 0.1) is 11.3 Å². The van der Waals surface area contributed by atoms with E-state index in [2.05, 4.69) is 16.7 Å². The molecule has 1 atom stereocenters. The summed E-state index contributed by atoms with van der Waals surface area (Å²) in [7, 11) is 0. The number of anilines is 1. The molecule has 0 spiro atoms. The average Bonchev–Trinajstić information content (AvgIpc) is 2.91. The number of hydrogen-bond acceptors (Lipinski definition) is 6. The Morgan fingerprint density at radius 3 is 2.45 bits per heavy atom. The standard InChI is InChI=1S/C29H23Cl2N3O3S/c1-18-26(29(36)37-16-19-6-3-2-4-7-19)27(20-10-12-21(30)13-11-20)24(15-32)28(33-18)38-17-25(35)34-23-9-5-8-22(31)14-23/h2-14,27,33H,16-17H2,1H3,(H,34,35)/t27-/m1/s1. The summed E-state index contributed by atoms with van der Waals surface area (Å²) in [6.45, 7) is 1.85. The molecule has 9 heteroatoms. The number of rotatable bonds is 8. The quantitative estimate of drug-likeness (QED) is 0.293. The lowest BCUT2D eigenvalue weighted by molar-refractivity contribution is -0.140. The topological polar surface area (TPSA) is 91.2 Å². The Kier molecular flexibility index (Phi) is 9.14. The zero-order valence-electron chi connectivity index (χ0n) is 20.3. The number of dihydropyridines is 1. The number of hydrogen-bond donors (Lipinski definition) is 2. The fourth-order valence-corrected chi connectivity index (χ4v) is 5.20. The van der Waals surface area contributed by atoms with Crippen molar-refractivity contribution in [3.63, 3.8) is 0 Å². The van der Waals surface area contributed by atoms with E-state index in [1.54, 1.807) is 55.5 Å². The van der Waals surface area contributed by atoms with E-state index in [-0.39, 0.29) is 18.3 Å². The Morgan fingerprint density at radius 1 is 1.03 bits per heavy atom. The number of carbonyl (C=O) groups excluding carboxylic acids is 2. The van der Waals surface area contributed by atoms with Gasteiger partial charge in [0, 0.05) is 21.4 Å². The number of nitrogens with one attached hydrogen (secondary N) is 2. The van der Waals surface area contributed by atoms with Crippen molar-refractivity contribution in [2.45, 2.75) is 19.4 Å². The first kappa shape index (κ1) is 27.3. The number of thioether (sulfide) groups is 1. The van der Waals surface area contributed by atoms with Gasteiger partial charge in [0.25, 0.3) is 0 Å². The number of nitriles is 1. The van der Waals surface area contributed by atoms with Crippen LogP contribution >= 0.6 is 35.0 Å². The van der Waals surface area contributed by atoms with Gasteiger partial charge in [-0.05, 0) is 48.4 Å². The lowest BCUT2D eigenvalue weighted by Crippen LogP contribution is -2.29. The van der Waals surface area contributed by atoms with E-state index in [0.717, 1.165) is 5.56 Å². The summed E-state index contributed by atoms with van der Waals surface area (Å²) in [5.41, 5.74) is 3.31. The zero-order valence-corrected chi connectivity index (χ0v) is 22.7. The highest BCUT2D eigenvalue weighted by Gasteiger charge is 2.35. The van der Waals surface area contributed by atoms with Crippen LogP contribution in [-0.2, 0) is 20.9 Å². The molecule has 38 heavy (non-hydrogen) atoms. The molecule has 0 saturated heterocycles. The van der Waals surface area contributed by atoms with Crippen molar-refractivity contribution >= 4 is 52.5 Å². The number of ether oxygens (including phenoxy) is 1. The van der Waals surface area contributed by atoms with Crippen molar-refractivity contribution in [1.29, 1.82) is 5.26 Å². The Bertz CT molecular complexity index is 1450. The maximum Gasteiger partial charge on any atom is 0.337 e. The molecule has 0 fully saturated rings. The predicted octanol–water partition coefficient (Wildman–Crippen LogP) is 6.80. The molecule has 1 amide bonds. The van der Waals surface area contributed by atoms with Crippen LogP contribution in [0.5, 0.6) is 0 Å². The van der Waals surface area contributed by atoms with Crippen molar-refractivity contribution in [2.24, 2.45) is 0 Å². The zero-order chi connectivity index (χ0) is 27.1. The molecule has 6 nitrogen and oxygen atoms in total. The van der Waals surface area contributed by atoms with Crippen LogP contribution < -0.4 is 10.6 Å². The van der Waals surface area contributed by atoms with Crippen LogP contribution in [0.15, 0.2) is 101 Å². The average molecular weight is 564 g/mol. The third-order valence-electron chi connectivity index (χ3n) is 5.74. The van der Waals surface area contributed by atoms with Gasteiger partial charge in [-0.3, -0.25) is 4.79 Å². The smallest absolute Gasteiger partial charge is 0.337 e. The van der Waals surface area contributed by atoms with Gasteiger partial charge in [0.1, 0.15) is 6.61 Å². The van der Waals surface area contributed by atoms with Crippen LogP contribution in [0.2, 0.25) is 10.0 Å². The highest BCUT2D eigenvalue weighted by molar-refractivity contribution is 8.03. The van der Waals surface area contributed by atoms with E-state index in [4.69, 9.17) is 27.9 Å². The lowest BCUT2D eigenvalue weighted by atomic mass is 9.82. The van der Waals surface area contributed by atoms with E-state index in [1.807, 2.05) is 30.3 Å². The number of nitrogens with zero attached hydrogens (tertiary/aromatic N) is 1. The molecule has 1 aliphatic rings. The summed E-state index contributed by atoms with van der Waals surface area (Å²) in [6, 6.07) is 25.4. The molecule has 1 heterocycles. The van der Waals surface area contributed by atoms with E-state index in [1.165, 1.54) is 11.8 Å². The first-order valence-electron chi connectivity index (χ1n) is 11.6. The summed E-state index contributed by atoms with van der Waals surface area (Å²) in [4.78, 5) is 26.0. The van der Waals surface area contributed by atoms with Gasteiger partial charge in [0.05, 0.1) is 33.9 Å². The fraction of sp³-hybridized carbons (Fsp3) is 0.138. The predicted molar refractivity (Wildman–Crippen MR) is 151 cm³/mol. The molecule has 0 aliphatic carbocycles. The molecular weight excluding hydrogens is 541 g/mol. The van der Waals surface area contributed by atoms with Gasteiger partial charge in [-0.2, -0.15) is 5.26 Å². The Balaban J connectivity index is 1.59. The van der Waals surface area contributed by atoms with Gasteiger partial charge in [0.2, 0.25) is 5.91 Å². The van der Waals surface area contributed by atoms with E-state index >= 15 is 0 Å². The van der Waals surface area contributed by atoms with Crippen molar-refractivity contribution in [1.82, 2.24) is 5.32 Å². The molecule has 2 N–H and O–H groups in total. The molecular formula is C29H23Cl2N3O3S. The van der Waals surface area contributed by atoms with Crippen molar-refractivity contribution in [2.75, 3.05) is 11.1 Å².